The minimum Gasteiger partial charge on any atom is -0.261 e. The van der Waals surface area contributed by atoms with Crippen LogP contribution in [0.25, 0.3) is 10.8 Å². The minimum absolute atomic E-state index is 0. The van der Waals surface area contributed by atoms with E-state index in [1.807, 2.05) is 6.20 Å². The highest BCUT2D eigenvalue weighted by molar-refractivity contribution is 5.85. The molecule has 1 aromatic heterocycles. The number of halogens is 1. The molecule has 0 unspecified atom stereocenters. The molecule has 2 aromatic rings. The molecule has 1 aromatic carbocycles. The molecule has 2 rings (SSSR count). The van der Waals surface area contributed by atoms with Crippen LogP contribution in [0.2, 0.25) is 0 Å². The largest absolute Gasteiger partial charge is 0.261 e. The van der Waals surface area contributed by atoms with E-state index in [4.69, 9.17) is 0 Å². The number of fused-ring (bicyclic) bond motifs is 1. The van der Waals surface area contributed by atoms with E-state index >= 15 is 0 Å². The summed E-state index contributed by atoms with van der Waals surface area (Å²) in [6, 6.07) is 8.58. The van der Waals surface area contributed by atoms with E-state index < -0.39 is 0 Å². The zero-order valence-corrected chi connectivity index (χ0v) is 9.27. The predicted octanol–water partition coefficient (Wildman–Crippen LogP) is 3.53. The van der Waals surface area contributed by atoms with Crippen molar-refractivity contribution >= 4 is 23.2 Å². The normalized spacial score (nSPS) is 9.86. The Morgan fingerprint density at radius 2 is 2.00 bits per heavy atom. The molecule has 74 valence electrons. The lowest BCUT2D eigenvalue weighted by atomic mass is 10.1. The van der Waals surface area contributed by atoms with E-state index in [0.29, 0.717) is 0 Å². The van der Waals surface area contributed by atoms with Crippen LogP contribution in [-0.4, -0.2) is 4.98 Å². The van der Waals surface area contributed by atoms with Crippen molar-refractivity contribution < 1.29 is 0 Å². The first-order valence-corrected chi connectivity index (χ1v) is 4.65. The Kier molecular flexibility index (Phi) is 3.48. The SMILES string of the molecule is CCc1nccc2cc(C)ccc12.Cl. The van der Waals surface area contributed by atoms with E-state index in [2.05, 4.69) is 43.1 Å². The molecule has 0 amide bonds. The summed E-state index contributed by atoms with van der Waals surface area (Å²) in [6.45, 7) is 4.26. The third-order valence-corrected chi connectivity index (χ3v) is 2.34. The highest BCUT2D eigenvalue weighted by Crippen LogP contribution is 2.18. The van der Waals surface area contributed by atoms with Gasteiger partial charge in [-0.1, -0.05) is 30.7 Å². The van der Waals surface area contributed by atoms with Gasteiger partial charge in [-0.15, -0.1) is 12.4 Å². The molecular formula is C12H14ClN. The molecule has 14 heavy (non-hydrogen) atoms. The maximum absolute atomic E-state index is 4.36. The summed E-state index contributed by atoms with van der Waals surface area (Å²) in [7, 11) is 0. The second kappa shape index (κ2) is 4.43. The number of aryl methyl sites for hydroxylation is 2. The van der Waals surface area contributed by atoms with Crippen LogP contribution in [0.4, 0.5) is 0 Å². The Morgan fingerprint density at radius 1 is 1.21 bits per heavy atom. The van der Waals surface area contributed by atoms with Crippen molar-refractivity contribution in [2.45, 2.75) is 20.3 Å². The van der Waals surface area contributed by atoms with Gasteiger partial charge in [-0.3, -0.25) is 4.98 Å². The van der Waals surface area contributed by atoms with Gasteiger partial charge in [0.25, 0.3) is 0 Å². The van der Waals surface area contributed by atoms with Crippen molar-refractivity contribution in [1.82, 2.24) is 4.98 Å². The second-order valence-electron chi connectivity index (χ2n) is 3.34. The van der Waals surface area contributed by atoms with Gasteiger partial charge >= 0.3 is 0 Å². The van der Waals surface area contributed by atoms with Crippen molar-refractivity contribution in [3.63, 3.8) is 0 Å². The third-order valence-electron chi connectivity index (χ3n) is 2.34. The van der Waals surface area contributed by atoms with Crippen molar-refractivity contribution in [2.75, 3.05) is 0 Å². The van der Waals surface area contributed by atoms with Gasteiger partial charge in [0, 0.05) is 17.3 Å². The average molecular weight is 208 g/mol. The lowest BCUT2D eigenvalue weighted by Crippen LogP contribution is -1.88. The van der Waals surface area contributed by atoms with Gasteiger partial charge in [0.15, 0.2) is 0 Å². The summed E-state index contributed by atoms with van der Waals surface area (Å²) < 4.78 is 0. The molecule has 0 N–H and O–H groups in total. The van der Waals surface area contributed by atoms with Gasteiger partial charge in [-0.2, -0.15) is 0 Å². The molecule has 0 bridgehead atoms. The Labute approximate surface area is 90.6 Å². The highest BCUT2D eigenvalue weighted by Gasteiger charge is 1.99. The number of nitrogens with zero attached hydrogens (tertiary/aromatic N) is 1. The predicted molar refractivity (Wildman–Crippen MR) is 63.1 cm³/mol. The third kappa shape index (κ3) is 1.88. The van der Waals surface area contributed by atoms with Crippen molar-refractivity contribution in [1.29, 1.82) is 0 Å². The standard InChI is InChI=1S/C12H13N.ClH/c1-3-12-11-5-4-9(2)8-10(11)6-7-13-12;/h4-8H,3H2,1-2H3;1H. The zero-order valence-electron chi connectivity index (χ0n) is 8.45. The average Bonchev–Trinajstić information content (AvgIpc) is 2.16. The fourth-order valence-corrected chi connectivity index (χ4v) is 1.64. The maximum Gasteiger partial charge on any atom is 0.0479 e. The summed E-state index contributed by atoms with van der Waals surface area (Å²) in [6.07, 6.45) is 2.89. The van der Waals surface area contributed by atoms with Crippen LogP contribution in [0, 0.1) is 6.92 Å². The zero-order chi connectivity index (χ0) is 9.26. The first kappa shape index (κ1) is 11.0. The molecule has 0 aliphatic carbocycles. The number of hydrogen-bond donors (Lipinski definition) is 0. The van der Waals surface area contributed by atoms with Gasteiger partial charge in [0.05, 0.1) is 0 Å². The summed E-state index contributed by atoms with van der Waals surface area (Å²) in [5, 5.41) is 2.59. The molecule has 0 atom stereocenters. The van der Waals surface area contributed by atoms with E-state index in [0.717, 1.165) is 6.42 Å². The molecule has 0 fully saturated rings. The first-order chi connectivity index (χ1) is 6.31. The monoisotopic (exact) mass is 207 g/mol. The molecule has 2 heteroatoms. The number of benzene rings is 1. The van der Waals surface area contributed by atoms with E-state index in [1.54, 1.807) is 0 Å². The Bertz CT molecular complexity index is 437. The second-order valence-corrected chi connectivity index (χ2v) is 3.34. The highest BCUT2D eigenvalue weighted by atomic mass is 35.5. The quantitative estimate of drug-likeness (QED) is 0.697. The summed E-state index contributed by atoms with van der Waals surface area (Å²) in [4.78, 5) is 4.36. The van der Waals surface area contributed by atoms with Gasteiger partial charge in [-0.25, -0.2) is 0 Å². The minimum atomic E-state index is 0. The smallest absolute Gasteiger partial charge is 0.0479 e. The summed E-state index contributed by atoms with van der Waals surface area (Å²) in [5.41, 5.74) is 2.50. The Morgan fingerprint density at radius 3 is 2.71 bits per heavy atom. The lowest BCUT2D eigenvalue weighted by molar-refractivity contribution is 1.06. The molecule has 0 saturated carbocycles. The van der Waals surface area contributed by atoms with Crippen LogP contribution in [-0.2, 0) is 6.42 Å². The first-order valence-electron chi connectivity index (χ1n) is 4.65. The number of pyridine rings is 1. The molecule has 1 heterocycles. The maximum atomic E-state index is 4.36. The topological polar surface area (TPSA) is 12.9 Å². The van der Waals surface area contributed by atoms with Crippen LogP contribution in [0.15, 0.2) is 30.5 Å². The van der Waals surface area contributed by atoms with E-state index in [1.165, 1.54) is 22.0 Å². The van der Waals surface area contributed by atoms with Gasteiger partial charge < -0.3 is 0 Å². The summed E-state index contributed by atoms with van der Waals surface area (Å²) >= 11 is 0. The number of aromatic nitrogens is 1. The Balaban J connectivity index is 0.000000980. The van der Waals surface area contributed by atoms with Crippen LogP contribution in [0.5, 0.6) is 0 Å². The van der Waals surface area contributed by atoms with Gasteiger partial charge in [0.1, 0.15) is 0 Å². The summed E-state index contributed by atoms with van der Waals surface area (Å²) in [5.74, 6) is 0. The van der Waals surface area contributed by atoms with Crippen LogP contribution >= 0.6 is 12.4 Å². The molecule has 0 saturated heterocycles. The molecule has 0 spiro atoms. The fourth-order valence-electron chi connectivity index (χ4n) is 1.64. The van der Waals surface area contributed by atoms with Crippen molar-refractivity contribution in [2.24, 2.45) is 0 Å². The Hall–Kier alpha value is -1.08. The van der Waals surface area contributed by atoms with Crippen molar-refractivity contribution in [3.05, 3.63) is 41.7 Å². The van der Waals surface area contributed by atoms with Gasteiger partial charge in [0.2, 0.25) is 0 Å². The van der Waals surface area contributed by atoms with Crippen molar-refractivity contribution in [3.8, 4) is 0 Å². The lowest BCUT2D eigenvalue weighted by Gasteiger charge is -2.03. The molecular weight excluding hydrogens is 194 g/mol. The molecule has 0 radical (unpaired) electrons. The number of hydrogen-bond acceptors (Lipinski definition) is 1. The van der Waals surface area contributed by atoms with Crippen LogP contribution in [0.3, 0.4) is 0 Å². The van der Waals surface area contributed by atoms with E-state index in [-0.39, 0.29) is 12.4 Å². The van der Waals surface area contributed by atoms with Crippen LogP contribution in [0.1, 0.15) is 18.2 Å². The molecule has 0 aliphatic rings. The molecule has 1 nitrogen and oxygen atoms in total. The van der Waals surface area contributed by atoms with E-state index in [9.17, 15) is 0 Å². The molecule has 0 aliphatic heterocycles. The fraction of sp³-hybridized carbons (Fsp3) is 0.250. The van der Waals surface area contributed by atoms with Gasteiger partial charge in [-0.05, 0) is 24.8 Å². The number of rotatable bonds is 1. The van der Waals surface area contributed by atoms with Crippen LogP contribution < -0.4 is 0 Å².